The molecule has 0 N–H and O–H groups in total. The van der Waals surface area contributed by atoms with E-state index < -0.39 is 0 Å². The van der Waals surface area contributed by atoms with E-state index in [1.165, 1.54) is 12.8 Å². The predicted molar refractivity (Wildman–Crippen MR) is 130 cm³/mol. The lowest BCUT2D eigenvalue weighted by atomic mass is 10.1. The van der Waals surface area contributed by atoms with Crippen molar-refractivity contribution in [3.8, 4) is 11.3 Å². The topological polar surface area (TPSA) is 24.3 Å². The minimum absolute atomic E-state index is 0.464. The Morgan fingerprint density at radius 1 is 0.806 bits per heavy atom. The summed E-state index contributed by atoms with van der Waals surface area (Å²) in [5.74, 6) is 0. The first kappa shape index (κ1) is 21.1. The van der Waals surface area contributed by atoms with E-state index in [4.69, 9.17) is 39.9 Å². The highest BCUT2D eigenvalue weighted by molar-refractivity contribution is 6.42. The predicted octanol–water partition coefficient (Wildman–Crippen LogP) is 6.43. The zero-order chi connectivity index (χ0) is 21.4. The van der Waals surface area contributed by atoms with Gasteiger partial charge in [-0.05, 0) is 55.7 Å². The molecule has 7 heteroatoms. The number of aromatic nitrogens is 2. The molecule has 2 aromatic carbocycles. The van der Waals surface area contributed by atoms with Gasteiger partial charge in [0, 0.05) is 54.7 Å². The van der Waals surface area contributed by atoms with Gasteiger partial charge in [0.05, 0.1) is 21.8 Å². The van der Waals surface area contributed by atoms with E-state index >= 15 is 0 Å². The molecule has 2 heterocycles. The maximum atomic E-state index is 6.20. The molecule has 0 radical (unpaired) electrons. The lowest BCUT2D eigenvalue weighted by Gasteiger charge is -2.39. The third-order valence-electron chi connectivity index (χ3n) is 6.58. The standard InChI is InChI=1S/C24H25Cl3N4/c25-18-3-1-2-17(14-18)24-8-9-31(28-24)21-5-4-19(15-21)29-10-12-30(13-11-29)20-6-7-22(26)23(27)16-20/h1-3,6-9,14,16,19,21H,4-5,10-13,15H2/t19-,21+/m0/s1. The molecular weight excluding hydrogens is 451 g/mol. The zero-order valence-electron chi connectivity index (χ0n) is 17.2. The summed E-state index contributed by atoms with van der Waals surface area (Å²) in [5.41, 5.74) is 3.21. The number of piperazine rings is 1. The van der Waals surface area contributed by atoms with Crippen molar-refractivity contribution in [2.75, 3.05) is 31.1 Å². The van der Waals surface area contributed by atoms with Crippen molar-refractivity contribution in [3.05, 3.63) is 69.8 Å². The van der Waals surface area contributed by atoms with Crippen molar-refractivity contribution in [1.29, 1.82) is 0 Å². The van der Waals surface area contributed by atoms with Gasteiger partial charge in [-0.1, -0.05) is 46.9 Å². The first-order valence-corrected chi connectivity index (χ1v) is 12.0. The largest absolute Gasteiger partial charge is 0.369 e. The van der Waals surface area contributed by atoms with Crippen LogP contribution in [0.25, 0.3) is 11.3 Å². The normalized spacial score (nSPS) is 22.2. The van der Waals surface area contributed by atoms with Crippen LogP contribution in [0.1, 0.15) is 25.3 Å². The van der Waals surface area contributed by atoms with Crippen LogP contribution in [0.2, 0.25) is 15.1 Å². The molecule has 1 saturated carbocycles. The van der Waals surface area contributed by atoms with Gasteiger partial charge in [0.15, 0.2) is 0 Å². The second-order valence-electron chi connectivity index (χ2n) is 8.43. The fourth-order valence-electron chi connectivity index (χ4n) is 4.88. The van der Waals surface area contributed by atoms with Gasteiger partial charge in [0.1, 0.15) is 0 Å². The fourth-order valence-corrected chi connectivity index (χ4v) is 5.36. The highest BCUT2D eigenvalue weighted by atomic mass is 35.5. The van der Waals surface area contributed by atoms with Crippen LogP contribution < -0.4 is 4.90 Å². The average Bonchev–Trinajstić information content (AvgIpc) is 3.46. The van der Waals surface area contributed by atoms with E-state index in [1.807, 2.05) is 30.3 Å². The molecule has 3 aromatic rings. The van der Waals surface area contributed by atoms with Crippen molar-refractivity contribution in [1.82, 2.24) is 14.7 Å². The number of anilines is 1. The van der Waals surface area contributed by atoms with Crippen molar-refractivity contribution >= 4 is 40.5 Å². The number of rotatable bonds is 4. The number of nitrogens with zero attached hydrogens (tertiary/aromatic N) is 4. The summed E-state index contributed by atoms with van der Waals surface area (Å²) in [6.07, 6.45) is 5.67. The van der Waals surface area contributed by atoms with Crippen LogP contribution >= 0.6 is 34.8 Å². The van der Waals surface area contributed by atoms with Crippen molar-refractivity contribution in [2.24, 2.45) is 0 Å². The monoisotopic (exact) mass is 474 g/mol. The summed E-state index contributed by atoms with van der Waals surface area (Å²) < 4.78 is 2.15. The molecule has 1 aliphatic carbocycles. The second-order valence-corrected chi connectivity index (χ2v) is 9.68. The van der Waals surface area contributed by atoms with Crippen molar-refractivity contribution in [3.63, 3.8) is 0 Å². The highest BCUT2D eigenvalue weighted by Gasteiger charge is 2.32. The van der Waals surface area contributed by atoms with E-state index in [0.717, 1.165) is 54.6 Å². The van der Waals surface area contributed by atoms with Crippen LogP contribution in [-0.2, 0) is 0 Å². The summed E-state index contributed by atoms with van der Waals surface area (Å²) in [6, 6.07) is 17.0. The van der Waals surface area contributed by atoms with E-state index in [-0.39, 0.29) is 0 Å². The Labute approximate surface area is 198 Å². The van der Waals surface area contributed by atoms with Crippen LogP contribution in [0, 0.1) is 0 Å². The van der Waals surface area contributed by atoms with Gasteiger partial charge in [-0.2, -0.15) is 5.10 Å². The van der Waals surface area contributed by atoms with Gasteiger partial charge in [0.2, 0.25) is 0 Å². The average molecular weight is 476 g/mol. The van der Waals surface area contributed by atoms with Crippen LogP contribution in [0.5, 0.6) is 0 Å². The highest BCUT2D eigenvalue weighted by Crippen LogP contribution is 2.35. The molecule has 2 atom stereocenters. The molecule has 4 nitrogen and oxygen atoms in total. The Hall–Kier alpha value is -1.72. The Kier molecular flexibility index (Phi) is 6.16. The molecule has 1 aromatic heterocycles. The quantitative estimate of drug-likeness (QED) is 0.435. The number of hydrogen-bond acceptors (Lipinski definition) is 3. The van der Waals surface area contributed by atoms with Crippen LogP contribution in [0.15, 0.2) is 54.7 Å². The van der Waals surface area contributed by atoms with Crippen molar-refractivity contribution in [2.45, 2.75) is 31.3 Å². The molecule has 1 aliphatic heterocycles. The van der Waals surface area contributed by atoms with Gasteiger partial charge >= 0.3 is 0 Å². The summed E-state index contributed by atoms with van der Waals surface area (Å²) >= 11 is 18.4. The Balaban J connectivity index is 1.18. The van der Waals surface area contributed by atoms with E-state index in [9.17, 15) is 0 Å². The van der Waals surface area contributed by atoms with Crippen molar-refractivity contribution < 1.29 is 0 Å². The molecule has 0 unspecified atom stereocenters. The molecular formula is C24H25Cl3N4. The Morgan fingerprint density at radius 3 is 2.39 bits per heavy atom. The first-order valence-electron chi connectivity index (χ1n) is 10.8. The third-order valence-corrected chi connectivity index (χ3v) is 7.55. The van der Waals surface area contributed by atoms with Crippen LogP contribution in [0.3, 0.4) is 0 Å². The third kappa shape index (κ3) is 4.58. The second kappa shape index (κ2) is 9.03. The summed E-state index contributed by atoms with van der Waals surface area (Å²) in [5, 5.41) is 6.83. The Morgan fingerprint density at radius 2 is 1.61 bits per heavy atom. The molecule has 31 heavy (non-hydrogen) atoms. The molecule has 162 valence electrons. The maximum absolute atomic E-state index is 6.20. The summed E-state index contributed by atoms with van der Waals surface area (Å²) in [7, 11) is 0. The van der Waals surface area contributed by atoms with E-state index in [1.54, 1.807) is 0 Å². The number of halogens is 3. The molecule has 5 rings (SSSR count). The van der Waals surface area contributed by atoms with Crippen LogP contribution in [0.4, 0.5) is 5.69 Å². The van der Waals surface area contributed by atoms with Gasteiger partial charge < -0.3 is 4.90 Å². The molecule has 0 spiro atoms. The molecule has 1 saturated heterocycles. The van der Waals surface area contributed by atoms with Gasteiger partial charge in [0.25, 0.3) is 0 Å². The van der Waals surface area contributed by atoms with E-state index in [0.29, 0.717) is 22.1 Å². The minimum atomic E-state index is 0.464. The van der Waals surface area contributed by atoms with Gasteiger partial charge in [-0.25, -0.2) is 0 Å². The Bertz CT molecular complexity index is 1060. The number of hydrogen-bond donors (Lipinski definition) is 0. The minimum Gasteiger partial charge on any atom is -0.369 e. The van der Waals surface area contributed by atoms with Gasteiger partial charge in [-0.3, -0.25) is 9.58 Å². The lowest BCUT2D eigenvalue weighted by Crippen LogP contribution is -2.49. The summed E-state index contributed by atoms with van der Waals surface area (Å²) in [6.45, 7) is 4.18. The fraction of sp³-hybridized carbons (Fsp3) is 0.375. The molecule has 2 aliphatic rings. The smallest absolute Gasteiger partial charge is 0.0923 e. The molecule has 0 bridgehead atoms. The SMILES string of the molecule is Clc1cccc(-c2ccn([C@@H]3CC[C@H](N4CCN(c5ccc(Cl)c(Cl)c5)CC4)C3)n2)c1. The van der Waals surface area contributed by atoms with Gasteiger partial charge in [-0.15, -0.1) is 0 Å². The maximum Gasteiger partial charge on any atom is 0.0923 e. The van der Waals surface area contributed by atoms with Crippen LogP contribution in [-0.4, -0.2) is 46.9 Å². The lowest BCUT2D eigenvalue weighted by molar-refractivity contribution is 0.183. The molecule has 2 fully saturated rings. The zero-order valence-corrected chi connectivity index (χ0v) is 19.5. The number of benzene rings is 2. The van der Waals surface area contributed by atoms with E-state index in [2.05, 4.69) is 38.9 Å². The molecule has 0 amide bonds. The summed E-state index contributed by atoms with van der Waals surface area (Å²) in [4.78, 5) is 5.05. The first-order chi connectivity index (χ1) is 15.1.